The largest absolute Gasteiger partial charge is 0.379 e. The van der Waals surface area contributed by atoms with Crippen LogP contribution in [0.5, 0.6) is 0 Å². The van der Waals surface area contributed by atoms with Crippen LogP contribution < -0.4 is 5.69 Å². The fourth-order valence-corrected chi connectivity index (χ4v) is 3.58. The lowest BCUT2D eigenvalue weighted by atomic mass is 9.50. The van der Waals surface area contributed by atoms with Gasteiger partial charge in [-0.05, 0) is 30.5 Å². The molecule has 0 radical (unpaired) electrons. The molecule has 2 aromatic rings. The van der Waals surface area contributed by atoms with Gasteiger partial charge in [-0.1, -0.05) is 12.5 Å². The molecule has 1 aliphatic carbocycles. The Morgan fingerprint density at radius 2 is 1.95 bits per heavy atom. The monoisotopic (exact) mass is 269 g/mol. The summed E-state index contributed by atoms with van der Waals surface area (Å²) in [7, 11) is 0. The van der Waals surface area contributed by atoms with Crippen LogP contribution in [0.25, 0.3) is 11.0 Å². The maximum atomic E-state index is 11.4. The predicted molar refractivity (Wildman–Crippen MR) is 73.3 cm³/mol. The van der Waals surface area contributed by atoms with E-state index in [1.165, 1.54) is 0 Å². The molecule has 20 heavy (non-hydrogen) atoms. The molecule has 1 aromatic heterocycles. The third-order valence-electron chi connectivity index (χ3n) is 5.10. The van der Waals surface area contributed by atoms with E-state index >= 15 is 0 Å². The number of nitrogens with zero attached hydrogens (tertiary/aromatic N) is 1. The van der Waals surface area contributed by atoms with E-state index in [0.717, 1.165) is 35.9 Å². The second kappa shape index (κ2) is 3.74. The maximum Gasteiger partial charge on any atom is 0.323 e. The average Bonchev–Trinajstić information content (AvgIpc) is 2.70. The number of aromatic amines is 2. The Balaban J connectivity index is 1.87. The van der Waals surface area contributed by atoms with Gasteiger partial charge in [-0.15, -0.1) is 0 Å². The maximum absolute atomic E-state index is 11.4. The molecular formula is C15H15N3O2. The van der Waals surface area contributed by atoms with Crippen molar-refractivity contribution in [3.8, 4) is 6.07 Å². The number of hydrogen-bond donors (Lipinski definition) is 2. The van der Waals surface area contributed by atoms with Crippen molar-refractivity contribution in [3.63, 3.8) is 0 Å². The summed E-state index contributed by atoms with van der Waals surface area (Å²) in [6.07, 6.45) is 2.99. The third kappa shape index (κ3) is 1.27. The Kier molecular flexibility index (Phi) is 2.19. The topological polar surface area (TPSA) is 81.7 Å². The molecule has 2 heterocycles. The van der Waals surface area contributed by atoms with E-state index < -0.39 is 0 Å². The zero-order valence-electron chi connectivity index (χ0n) is 11.0. The number of hydrogen-bond acceptors (Lipinski definition) is 3. The van der Waals surface area contributed by atoms with E-state index in [2.05, 4.69) is 16.0 Å². The lowest BCUT2D eigenvalue weighted by Crippen LogP contribution is -2.61. The number of H-pyrrole nitrogens is 2. The van der Waals surface area contributed by atoms with Crippen LogP contribution in [-0.2, 0) is 10.2 Å². The van der Waals surface area contributed by atoms with Crippen molar-refractivity contribution < 1.29 is 4.74 Å². The van der Waals surface area contributed by atoms with Crippen molar-refractivity contribution in [2.24, 2.45) is 5.41 Å². The Morgan fingerprint density at radius 1 is 1.20 bits per heavy atom. The van der Waals surface area contributed by atoms with Crippen molar-refractivity contribution in [2.45, 2.75) is 24.7 Å². The van der Waals surface area contributed by atoms with E-state index in [-0.39, 0.29) is 16.5 Å². The van der Waals surface area contributed by atoms with Crippen molar-refractivity contribution in [1.29, 1.82) is 5.26 Å². The van der Waals surface area contributed by atoms with E-state index in [1.807, 2.05) is 18.2 Å². The molecule has 1 aliphatic heterocycles. The van der Waals surface area contributed by atoms with Gasteiger partial charge in [-0.25, -0.2) is 4.79 Å². The van der Waals surface area contributed by atoms with Crippen LogP contribution in [0.15, 0.2) is 23.0 Å². The predicted octanol–water partition coefficient (Wildman–Crippen LogP) is 1.82. The lowest BCUT2D eigenvalue weighted by molar-refractivity contribution is -0.134. The fraction of sp³-hybridized carbons (Fsp3) is 0.467. The molecule has 0 atom stereocenters. The molecule has 4 rings (SSSR count). The summed E-state index contributed by atoms with van der Waals surface area (Å²) in [6, 6.07) is 8.47. The first-order valence-corrected chi connectivity index (χ1v) is 6.91. The molecule has 0 bridgehead atoms. The SMILES string of the molecule is N#CC1(C2(c3ccc4[nH]c(=O)[nH]c4c3)COC2)CCC1. The molecule has 102 valence electrons. The summed E-state index contributed by atoms with van der Waals surface area (Å²) in [5, 5.41) is 9.65. The van der Waals surface area contributed by atoms with Gasteiger partial charge in [0.2, 0.25) is 0 Å². The highest BCUT2D eigenvalue weighted by Crippen LogP contribution is 2.58. The average molecular weight is 269 g/mol. The summed E-state index contributed by atoms with van der Waals surface area (Å²) in [5.74, 6) is 0. The van der Waals surface area contributed by atoms with Crippen LogP contribution in [-0.4, -0.2) is 23.2 Å². The van der Waals surface area contributed by atoms with Crippen LogP contribution in [0.4, 0.5) is 0 Å². The smallest absolute Gasteiger partial charge is 0.323 e. The zero-order valence-corrected chi connectivity index (χ0v) is 11.0. The second-order valence-electron chi connectivity index (χ2n) is 5.96. The lowest BCUT2D eigenvalue weighted by Gasteiger charge is -2.56. The molecule has 2 fully saturated rings. The van der Waals surface area contributed by atoms with E-state index in [1.54, 1.807) is 0 Å². The van der Waals surface area contributed by atoms with Gasteiger partial charge in [0, 0.05) is 0 Å². The fourth-order valence-electron chi connectivity index (χ4n) is 3.58. The quantitative estimate of drug-likeness (QED) is 0.872. The Labute approximate surface area is 115 Å². The number of nitrogens with one attached hydrogen (secondary N) is 2. The molecule has 2 aliphatic rings. The number of rotatable bonds is 2. The third-order valence-corrected chi connectivity index (χ3v) is 5.10. The molecule has 0 spiro atoms. The normalized spacial score (nSPS) is 22.8. The van der Waals surface area contributed by atoms with Gasteiger partial charge in [0.15, 0.2) is 0 Å². The number of ether oxygens (including phenoxy) is 1. The van der Waals surface area contributed by atoms with Crippen LogP contribution in [0, 0.1) is 16.7 Å². The summed E-state index contributed by atoms with van der Waals surface area (Å²) in [6.45, 7) is 1.20. The molecule has 1 saturated heterocycles. The first-order chi connectivity index (χ1) is 9.69. The van der Waals surface area contributed by atoms with Gasteiger partial charge < -0.3 is 14.7 Å². The van der Waals surface area contributed by atoms with Crippen LogP contribution in [0.3, 0.4) is 0 Å². The van der Waals surface area contributed by atoms with Crippen molar-refractivity contribution in [2.75, 3.05) is 13.2 Å². The second-order valence-corrected chi connectivity index (χ2v) is 5.96. The van der Waals surface area contributed by atoms with E-state index in [0.29, 0.717) is 13.2 Å². The highest BCUT2D eigenvalue weighted by Gasteiger charge is 2.60. The minimum absolute atomic E-state index is 0.199. The first kappa shape index (κ1) is 11.7. The van der Waals surface area contributed by atoms with Crippen molar-refractivity contribution >= 4 is 11.0 Å². The van der Waals surface area contributed by atoms with Crippen molar-refractivity contribution in [3.05, 3.63) is 34.2 Å². The van der Waals surface area contributed by atoms with Crippen LogP contribution in [0.2, 0.25) is 0 Å². The Morgan fingerprint density at radius 3 is 2.50 bits per heavy atom. The number of imidazole rings is 1. The van der Waals surface area contributed by atoms with E-state index in [4.69, 9.17) is 4.74 Å². The van der Waals surface area contributed by atoms with Gasteiger partial charge in [0.25, 0.3) is 0 Å². The minimum Gasteiger partial charge on any atom is -0.379 e. The highest BCUT2D eigenvalue weighted by molar-refractivity contribution is 5.75. The van der Waals surface area contributed by atoms with Gasteiger partial charge in [-0.2, -0.15) is 5.26 Å². The molecule has 5 nitrogen and oxygen atoms in total. The van der Waals surface area contributed by atoms with Crippen molar-refractivity contribution in [1.82, 2.24) is 9.97 Å². The summed E-state index contributed by atoms with van der Waals surface area (Å²) >= 11 is 0. The molecule has 0 unspecified atom stereocenters. The summed E-state index contributed by atoms with van der Waals surface area (Å²) in [5.41, 5.74) is 2.00. The Bertz CT molecular complexity index is 772. The van der Waals surface area contributed by atoms with Crippen LogP contribution >= 0.6 is 0 Å². The molecular weight excluding hydrogens is 254 g/mol. The summed E-state index contributed by atoms with van der Waals surface area (Å²) in [4.78, 5) is 16.9. The van der Waals surface area contributed by atoms with Gasteiger partial charge >= 0.3 is 5.69 Å². The highest BCUT2D eigenvalue weighted by atomic mass is 16.5. The Hall–Kier alpha value is -2.06. The summed E-state index contributed by atoms with van der Waals surface area (Å²) < 4.78 is 5.46. The van der Waals surface area contributed by atoms with Gasteiger partial charge in [0.05, 0.1) is 41.1 Å². The van der Waals surface area contributed by atoms with E-state index in [9.17, 15) is 10.1 Å². The number of nitriles is 1. The standard InChI is InChI=1S/C15H15N3O2/c16-7-14(4-1-5-14)15(8-20-9-15)10-2-3-11-12(6-10)18-13(19)17-11/h2-3,6H,1,4-5,8-9H2,(H2,17,18,19). The van der Waals surface area contributed by atoms with Crippen LogP contribution in [0.1, 0.15) is 24.8 Å². The first-order valence-electron chi connectivity index (χ1n) is 6.91. The molecule has 5 heteroatoms. The van der Waals surface area contributed by atoms with Gasteiger partial charge in [-0.3, -0.25) is 0 Å². The molecule has 2 N–H and O–H groups in total. The minimum atomic E-state index is -0.296. The molecule has 0 amide bonds. The van der Waals surface area contributed by atoms with Gasteiger partial charge in [0.1, 0.15) is 0 Å². The number of benzene rings is 1. The number of fused-ring (bicyclic) bond motifs is 1. The number of aromatic nitrogens is 2. The molecule has 1 aromatic carbocycles. The molecule has 1 saturated carbocycles. The zero-order chi connectivity index (χ0) is 13.8.